The Morgan fingerprint density at radius 1 is 1.26 bits per heavy atom. The first kappa shape index (κ1) is 17.4. The van der Waals surface area contributed by atoms with E-state index >= 15 is 0 Å². The maximum atomic E-state index is 11.6. The van der Waals surface area contributed by atoms with Crippen LogP contribution >= 0.6 is 0 Å². The third kappa shape index (κ3) is 7.40. The summed E-state index contributed by atoms with van der Waals surface area (Å²) in [6.45, 7) is 6.95. The first-order valence-electron chi connectivity index (χ1n) is 6.12. The maximum Gasteiger partial charge on any atom is 0.321 e. The van der Waals surface area contributed by atoms with Crippen LogP contribution in [0.2, 0.25) is 0 Å². The number of carbonyl (C=O) groups is 3. The molecule has 7 nitrogen and oxygen atoms in total. The monoisotopic (exact) mass is 273 g/mol. The fourth-order valence-corrected chi connectivity index (χ4v) is 1.55. The number of carboxylic acids is 1. The Labute approximate surface area is 113 Å². The SMILES string of the molecule is CCC(C(=O)O)N(C)CC(=O)NC(=O)NC(C)(C)C. The van der Waals surface area contributed by atoms with E-state index in [1.165, 1.54) is 11.9 Å². The number of nitrogens with one attached hydrogen (secondary N) is 2. The molecule has 3 amide bonds. The molecule has 0 bridgehead atoms. The highest BCUT2D eigenvalue weighted by Gasteiger charge is 2.23. The Hall–Kier alpha value is -1.63. The van der Waals surface area contributed by atoms with Crippen LogP contribution in [0, 0.1) is 0 Å². The van der Waals surface area contributed by atoms with Crippen LogP contribution in [-0.2, 0) is 9.59 Å². The zero-order chi connectivity index (χ0) is 15.2. The van der Waals surface area contributed by atoms with Crippen molar-refractivity contribution >= 4 is 17.9 Å². The number of hydrogen-bond donors (Lipinski definition) is 3. The largest absolute Gasteiger partial charge is 0.480 e. The van der Waals surface area contributed by atoms with Crippen LogP contribution < -0.4 is 10.6 Å². The van der Waals surface area contributed by atoms with Gasteiger partial charge in [-0.3, -0.25) is 19.8 Å². The Bertz CT molecular complexity index is 349. The quantitative estimate of drug-likeness (QED) is 0.673. The Morgan fingerprint density at radius 2 is 1.79 bits per heavy atom. The molecule has 0 aliphatic carbocycles. The van der Waals surface area contributed by atoms with Crippen molar-refractivity contribution in [3.63, 3.8) is 0 Å². The number of nitrogens with zero attached hydrogens (tertiary/aromatic N) is 1. The third-order valence-corrected chi connectivity index (χ3v) is 2.34. The molecule has 0 aromatic carbocycles. The first-order chi connectivity index (χ1) is 8.56. The standard InChI is InChI=1S/C12H23N3O4/c1-6-8(10(17)18)15(5)7-9(16)13-11(19)14-12(2,3)4/h8H,6-7H2,1-5H3,(H,17,18)(H2,13,14,16,19). The first-order valence-corrected chi connectivity index (χ1v) is 6.12. The zero-order valence-corrected chi connectivity index (χ0v) is 12.1. The Kier molecular flexibility index (Phi) is 6.47. The summed E-state index contributed by atoms with van der Waals surface area (Å²) in [6, 6.07) is -1.33. The molecular formula is C12H23N3O4. The number of amides is 3. The molecule has 19 heavy (non-hydrogen) atoms. The van der Waals surface area contributed by atoms with Gasteiger partial charge in [0.2, 0.25) is 5.91 Å². The van der Waals surface area contributed by atoms with Gasteiger partial charge >= 0.3 is 12.0 Å². The van der Waals surface area contributed by atoms with Gasteiger partial charge in [0, 0.05) is 5.54 Å². The molecule has 1 unspecified atom stereocenters. The summed E-state index contributed by atoms with van der Waals surface area (Å²) in [5.74, 6) is -1.53. The summed E-state index contributed by atoms with van der Waals surface area (Å²) < 4.78 is 0. The van der Waals surface area contributed by atoms with Crippen LogP contribution in [0.1, 0.15) is 34.1 Å². The molecule has 0 heterocycles. The molecule has 7 heteroatoms. The van der Waals surface area contributed by atoms with E-state index in [1.54, 1.807) is 27.7 Å². The van der Waals surface area contributed by atoms with Crippen molar-refractivity contribution in [2.45, 2.75) is 45.7 Å². The van der Waals surface area contributed by atoms with Crippen molar-refractivity contribution in [2.24, 2.45) is 0 Å². The second-order valence-electron chi connectivity index (χ2n) is 5.43. The lowest BCUT2D eigenvalue weighted by molar-refractivity contribution is -0.143. The molecule has 0 spiro atoms. The molecule has 0 radical (unpaired) electrons. The molecule has 110 valence electrons. The average molecular weight is 273 g/mol. The molecule has 3 N–H and O–H groups in total. The number of hydrogen-bond acceptors (Lipinski definition) is 4. The Balaban J connectivity index is 4.31. The summed E-state index contributed by atoms with van der Waals surface area (Å²) >= 11 is 0. The molecule has 0 fully saturated rings. The van der Waals surface area contributed by atoms with Crippen molar-refractivity contribution in [1.29, 1.82) is 0 Å². The topological polar surface area (TPSA) is 98.7 Å². The maximum absolute atomic E-state index is 11.6. The van der Waals surface area contributed by atoms with E-state index < -0.39 is 29.5 Å². The molecular weight excluding hydrogens is 250 g/mol. The molecule has 0 saturated carbocycles. The van der Waals surface area contributed by atoms with Gasteiger partial charge in [-0.05, 0) is 34.2 Å². The fourth-order valence-electron chi connectivity index (χ4n) is 1.55. The van der Waals surface area contributed by atoms with Crippen LogP contribution in [0.15, 0.2) is 0 Å². The molecule has 0 aliphatic heterocycles. The summed E-state index contributed by atoms with van der Waals surface area (Å²) in [4.78, 5) is 35.3. The lowest BCUT2D eigenvalue weighted by Gasteiger charge is -2.23. The normalized spacial score (nSPS) is 12.9. The van der Waals surface area contributed by atoms with E-state index in [0.29, 0.717) is 6.42 Å². The number of rotatable bonds is 5. The van der Waals surface area contributed by atoms with Gasteiger partial charge in [0.1, 0.15) is 6.04 Å². The second kappa shape index (κ2) is 7.08. The van der Waals surface area contributed by atoms with Crippen LogP contribution in [-0.4, -0.2) is 53.1 Å². The fraction of sp³-hybridized carbons (Fsp3) is 0.750. The van der Waals surface area contributed by atoms with Crippen molar-refractivity contribution in [3.8, 4) is 0 Å². The summed E-state index contributed by atoms with van der Waals surface area (Å²) in [6.07, 6.45) is 0.382. The van der Waals surface area contributed by atoms with Gasteiger partial charge in [-0.2, -0.15) is 0 Å². The highest BCUT2D eigenvalue weighted by atomic mass is 16.4. The average Bonchev–Trinajstić information content (AvgIpc) is 2.13. The molecule has 0 rings (SSSR count). The number of likely N-dealkylation sites (N-methyl/N-ethyl adjacent to an activating group) is 1. The van der Waals surface area contributed by atoms with Gasteiger partial charge < -0.3 is 10.4 Å². The van der Waals surface area contributed by atoms with Crippen molar-refractivity contribution < 1.29 is 19.5 Å². The van der Waals surface area contributed by atoms with E-state index in [4.69, 9.17) is 5.11 Å². The van der Waals surface area contributed by atoms with E-state index in [2.05, 4.69) is 10.6 Å². The minimum Gasteiger partial charge on any atom is -0.480 e. The molecule has 1 atom stereocenters. The Morgan fingerprint density at radius 3 is 2.16 bits per heavy atom. The van der Waals surface area contributed by atoms with Crippen LogP contribution in [0.4, 0.5) is 4.79 Å². The molecule has 0 saturated heterocycles. The van der Waals surface area contributed by atoms with E-state index in [9.17, 15) is 14.4 Å². The molecule has 0 aromatic heterocycles. The van der Waals surface area contributed by atoms with Gasteiger partial charge in [0.25, 0.3) is 0 Å². The predicted molar refractivity (Wildman–Crippen MR) is 70.8 cm³/mol. The molecule has 0 aromatic rings. The molecule has 0 aliphatic rings. The smallest absolute Gasteiger partial charge is 0.321 e. The number of carboxylic acid groups (broad SMARTS) is 1. The highest BCUT2D eigenvalue weighted by molar-refractivity contribution is 5.95. The summed E-state index contributed by atoms with van der Waals surface area (Å²) in [5, 5.41) is 13.7. The number of aliphatic carboxylic acids is 1. The number of carbonyl (C=O) groups excluding carboxylic acids is 2. The minimum absolute atomic E-state index is 0.150. The summed E-state index contributed by atoms with van der Waals surface area (Å²) in [5.41, 5.74) is -0.441. The second-order valence-corrected chi connectivity index (χ2v) is 5.43. The van der Waals surface area contributed by atoms with Gasteiger partial charge in [-0.1, -0.05) is 6.92 Å². The van der Waals surface area contributed by atoms with Gasteiger partial charge in [0.15, 0.2) is 0 Å². The lowest BCUT2D eigenvalue weighted by atomic mass is 10.1. The van der Waals surface area contributed by atoms with Crippen molar-refractivity contribution in [3.05, 3.63) is 0 Å². The lowest BCUT2D eigenvalue weighted by Crippen LogP contribution is -2.51. The number of urea groups is 1. The third-order valence-electron chi connectivity index (χ3n) is 2.34. The highest BCUT2D eigenvalue weighted by Crippen LogP contribution is 2.01. The van der Waals surface area contributed by atoms with E-state index in [-0.39, 0.29) is 6.54 Å². The van der Waals surface area contributed by atoms with Gasteiger partial charge in [-0.25, -0.2) is 4.79 Å². The van der Waals surface area contributed by atoms with Gasteiger partial charge in [0.05, 0.1) is 6.54 Å². The minimum atomic E-state index is -0.989. The zero-order valence-electron chi connectivity index (χ0n) is 12.1. The van der Waals surface area contributed by atoms with E-state index in [1.807, 2.05) is 0 Å². The van der Waals surface area contributed by atoms with Crippen LogP contribution in [0.25, 0.3) is 0 Å². The number of imide groups is 1. The van der Waals surface area contributed by atoms with E-state index in [0.717, 1.165) is 0 Å². The van der Waals surface area contributed by atoms with Crippen LogP contribution in [0.5, 0.6) is 0 Å². The van der Waals surface area contributed by atoms with Crippen LogP contribution in [0.3, 0.4) is 0 Å². The van der Waals surface area contributed by atoms with Gasteiger partial charge in [-0.15, -0.1) is 0 Å². The van der Waals surface area contributed by atoms with Crippen molar-refractivity contribution in [1.82, 2.24) is 15.5 Å². The van der Waals surface area contributed by atoms with Crippen molar-refractivity contribution in [2.75, 3.05) is 13.6 Å². The predicted octanol–water partition coefficient (Wildman–Crippen LogP) is 0.406. The summed E-state index contributed by atoms with van der Waals surface area (Å²) in [7, 11) is 1.53.